The molecule has 18 heavy (non-hydrogen) atoms. The van der Waals surface area contributed by atoms with Gasteiger partial charge in [-0.1, -0.05) is 26.8 Å². The molecule has 4 heteroatoms. The van der Waals surface area contributed by atoms with Crippen LogP contribution in [0.3, 0.4) is 0 Å². The Hall–Kier alpha value is -1.32. The van der Waals surface area contributed by atoms with Crippen molar-refractivity contribution < 1.29 is 19.1 Å². The minimum absolute atomic E-state index is 0.0194. The summed E-state index contributed by atoms with van der Waals surface area (Å²) in [5, 5.41) is 0. The van der Waals surface area contributed by atoms with E-state index < -0.39 is 17.9 Å². The van der Waals surface area contributed by atoms with Crippen LogP contribution in [0.1, 0.15) is 33.6 Å². The van der Waals surface area contributed by atoms with Gasteiger partial charge in [0.05, 0.1) is 14.2 Å². The van der Waals surface area contributed by atoms with Gasteiger partial charge in [-0.05, 0) is 24.2 Å². The SMILES string of the molecule is C=CCC(CC(C(=O)OC)C(=O)OC)C(C)(C)C. The monoisotopic (exact) mass is 256 g/mol. The summed E-state index contributed by atoms with van der Waals surface area (Å²) in [6.07, 6.45) is 2.96. The van der Waals surface area contributed by atoms with Crippen molar-refractivity contribution in [1.82, 2.24) is 0 Å². The van der Waals surface area contributed by atoms with Crippen LogP contribution in [0, 0.1) is 17.3 Å². The maximum Gasteiger partial charge on any atom is 0.320 e. The van der Waals surface area contributed by atoms with Crippen molar-refractivity contribution in [2.75, 3.05) is 14.2 Å². The fraction of sp³-hybridized carbons (Fsp3) is 0.714. The number of rotatable bonds is 6. The Kier molecular flexibility index (Phi) is 6.66. The Morgan fingerprint density at radius 3 is 1.89 bits per heavy atom. The van der Waals surface area contributed by atoms with E-state index in [0.29, 0.717) is 6.42 Å². The van der Waals surface area contributed by atoms with Crippen LogP contribution in [-0.4, -0.2) is 26.2 Å². The number of methoxy groups -OCH3 is 2. The van der Waals surface area contributed by atoms with Crippen LogP contribution >= 0.6 is 0 Å². The first-order chi connectivity index (χ1) is 8.27. The molecule has 0 radical (unpaired) electrons. The minimum atomic E-state index is -0.857. The molecule has 0 amide bonds. The summed E-state index contributed by atoms with van der Waals surface area (Å²) in [6.45, 7) is 9.95. The molecule has 0 rings (SSSR count). The van der Waals surface area contributed by atoms with E-state index in [0.717, 1.165) is 6.42 Å². The molecule has 0 aromatic heterocycles. The molecule has 0 N–H and O–H groups in total. The van der Waals surface area contributed by atoms with Crippen molar-refractivity contribution in [3.8, 4) is 0 Å². The van der Waals surface area contributed by atoms with Crippen LogP contribution in [0.2, 0.25) is 0 Å². The Labute approximate surface area is 109 Å². The highest BCUT2D eigenvalue weighted by atomic mass is 16.5. The van der Waals surface area contributed by atoms with Crippen LogP contribution in [0.25, 0.3) is 0 Å². The van der Waals surface area contributed by atoms with E-state index in [1.54, 1.807) is 0 Å². The number of hydrogen-bond donors (Lipinski definition) is 0. The van der Waals surface area contributed by atoms with Crippen molar-refractivity contribution in [2.45, 2.75) is 33.6 Å². The molecular formula is C14H24O4. The molecular weight excluding hydrogens is 232 g/mol. The van der Waals surface area contributed by atoms with Gasteiger partial charge in [-0.25, -0.2) is 0 Å². The lowest BCUT2D eigenvalue weighted by Gasteiger charge is -2.31. The lowest BCUT2D eigenvalue weighted by atomic mass is 9.74. The zero-order chi connectivity index (χ0) is 14.3. The number of carbonyl (C=O) groups excluding carboxylic acids is 2. The third kappa shape index (κ3) is 4.90. The van der Waals surface area contributed by atoms with E-state index in [9.17, 15) is 9.59 Å². The van der Waals surface area contributed by atoms with Gasteiger partial charge in [0.25, 0.3) is 0 Å². The normalized spacial score (nSPS) is 13.0. The molecule has 0 heterocycles. The first-order valence-electron chi connectivity index (χ1n) is 6.04. The zero-order valence-corrected chi connectivity index (χ0v) is 12.0. The number of hydrogen-bond acceptors (Lipinski definition) is 4. The highest BCUT2D eigenvalue weighted by Crippen LogP contribution is 2.34. The third-order valence-electron chi connectivity index (χ3n) is 3.17. The highest BCUT2D eigenvalue weighted by molar-refractivity contribution is 5.94. The molecule has 0 aliphatic carbocycles. The average Bonchev–Trinajstić information content (AvgIpc) is 2.31. The molecule has 0 bridgehead atoms. The van der Waals surface area contributed by atoms with E-state index in [4.69, 9.17) is 0 Å². The van der Waals surface area contributed by atoms with Crippen LogP contribution in [0.4, 0.5) is 0 Å². The van der Waals surface area contributed by atoms with Crippen LogP contribution in [0.5, 0.6) is 0 Å². The van der Waals surface area contributed by atoms with E-state index in [2.05, 4.69) is 36.8 Å². The van der Waals surface area contributed by atoms with Crippen molar-refractivity contribution in [3.63, 3.8) is 0 Å². The predicted octanol–water partition coefficient (Wildman–Crippen LogP) is 2.58. The standard InChI is InChI=1S/C14H24O4/c1-7-8-10(14(2,3)4)9-11(12(15)17-5)13(16)18-6/h7,10-11H,1,8-9H2,2-6H3. The molecule has 0 aromatic rings. The van der Waals surface area contributed by atoms with Gasteiger partial charge in [0.1, 0.15) is 0 Å². The summed E-state index contributed by atoms with van der Waals surface area (Å²) < 4.78 is 9.32. The summed E-state index contributed by atoms with van der Waals surface area (Å²) in [5.41, 5.74) is -0.0194. The van der Waals surface area contributed by atoms with E-state index in [1.165, 1.54) is 14.2 Å². The molecule has 0 aliphatic heterocycles. The molecule has 0 fully saturated rings. The van der Waals surface area contributed by atoms with Crippen LogP contribution < -0.4 is 0 Å². The van der Waals surface area contributed by atoms with Crippen molar-refractivity contribution in [1.29, 1.82) is 0 Å². The second kappa shape index (κ2) is 7.19. The van der Waals surface area contributed by atoms with Crippen molar-refractivity contribution >= 4 is 11.9 Å². The second-order valence-electron chi connectivity index (χ2n) is 5.42. The Morgan fingerprint density at radius 1 is 1.17 bits per heavy atom. The number of esters is 2. The average molecular weight is 256 g/mol. The lowest BCUT2D eigenvalue weighted by molar-refractivity contribution is -0.160. The Morgan fingerprint density at radius 2 is 1.61 bits per heavy atom. The fourth-order valence-corrected chi connectivity index (χ4v) is 1.86. The van der Waals surface area contributed by atoms with Gasteiger partial charge in [-0.2, -0.15) is 0 Å². The fourth-order valence-electron chi connectivity index (χ4n) is 1.86. The summed E-state index contributed by atoms with van der Waals surface area (Å²) in [6, 6.07) is 0. The lowest BCUT2D eigenvalue weighted by Crippen LogP contribution is -2.32. The second-order valence-corrected chi connectivity index (χ2v) is 5.42. The summed E-state index contributed by atoms with van der Waals surface area (Å²) in [5.74, 6) is -1.78. The summed E-state index contributed by atoms with van der Waals surface area (Å²) >= 11 is 0. The zero-order valence-electron chi connectivity index (χ0n) is 12.0. The van der Waals surface area contributed by atoms with Gasteiger partial charge in [0.15, 0.2) is 5.92 Å². The van der Waals surface area contributed by atoms with E-state index in [1.807, 2.05) is 6.08 Å². The van der Waals surface area contributed by atoms with Crippen molar-refractivity contribution in [3.05, 3.63) is 12.7 Å². The van der Waals surface area contributed by atoms with Gasteiger partial charge in [0.2, 0.25) is 0 Å². The highest BCUT2D eigenvalue weighted by Gasteiger charge is 2.35. The first kappa shape index (κ1) is 16.7. The third-order valence-corrected chi connectivity index (χ3v) is 3.17. The molecule has 1 unspecified atom stereocenters. The van der Waals surface area contributed by atoms with E-state index in [-0.39, 0.29) is 11.3 Å². The summed E-state index contributed by atoms with van der Waals surface area (Å²) in [7, 11) is 2.55. The van der Waals surface area contributed by atoms with Gasteiger partial charge in [0, 0.05) is 0 Å². The Balaban J connectivity index is 4.97. The van der Waals surface area contributed by atoms with Gasteiger partial charge >= 0.3 is 11.9 Å². The molecule has 0 spiro atoms. The Bertz CT molecular complexity index is 285. The topological polar surface area (TPSA) is 52.6 Å². The number of carbonyl (C=O) groups is 2. The maximum absolute atomic E-state index is 11.6. The van der Waals surface area contributed by atoms with Crippen LogP contribution in [-0.2, 0) is 19.1 Å². The maximum atomic E-state index is 11.6. The molecule has 0 aromatic carbocycles. The predicted molar refractivity (Wildman–Crippen MR) is 69.9 cm³/mol. The van der Waals surface area contributed by atoms with Gasteiger partial charge < -0.3 is 9.47 Å². The quantitative estimate of drug-likeness (QED) is 0.416. The van der Waals surface area contributed by atoms with E-state index >= 15 is 0 Å². The number of ether oxygens (including phenoxy) is 2. The number of allylic oxidation sites excluding steroid dienone is 1. The molecule has 1 atom stereocenters. The largest absolute Gasteiger partial charge is 0.468 e. The summed E-state index contributed by atoms with van der Waals surface area (Å²) in [4.78, 5) is 23.3. The van der Waals surface area contributed by atoms with Crippen LogP contribution in [0.15, 0.2) is 12.7 Å². The molecule has 104 valence electrons. The van der Waals surface area contributed by atoms with Crippen molar-refractivity contribution in [2.24, 2.45) is 17.3 Å². The molecule has 4 nitrogen and oxygen atoms in total. The van der Waals surface area contributed by atoms with Gasteiger partial charge in [-0.3, -0.25) is 9.59 Å². The smallest absolute Gasteiger partial charge is 0.320 e. The molecule has 0 aliphatic rings. The minimum Gasteiger partial charge on any atom is -0.468 e. The molecule has 0 saturated heterocycles. The molecule has 0 saturated carbocycles. The first-order valence-corrected chi connectivity index (χ1v) is 6.04. The van der Waals surface area contributed by atoms with Gasteiger partial charge in [-0.15, -0.1) is 6.58 Å².